The molecule has 0 amide bonds. The lowest BCUT2D eigenvalue weighted by Gasteiger charge is -2.19. The molecule has 1 saturated heterocycles. The van der Waals surface area contributed by atoms with E-state index in [-0.39, 0.29) is 5.75 Å². The minimum absolute atomic E-state index is 0.284. The first-order chi connectivity index (χ1) is 7.10. The Balaban J connectivity index is 2.41. The summed E-state index contributed by atoms with van der Waals surface area (Å²) in [6, 6.07) is 0.412. The highest BCUT2D eigenvalue weighted by atomic mass is 32.2. The Labute approximate surface area is 93.1 Å². The lowest BCUT2D eigenvalue weighted by atomic mass is 10.2. The molecule has 0 aliphatic carbocycles. The molecule has 1 aliphatic heterocycles. The molecule has 1 aliphatic rings. The van der Waals surface area contributed by atoms with Crippen molar-refractivity contribution in [1.29, 1.82) is 0 Å². The van der Waals surface area contributed by atoms with Gasteiger partial charge in [0.15, 0.2) is 0 Å². The van der Waals surface area contributed by atoms with Crippen molar-refractivity contribution in [3.05, 3.63) is 0 Å². The van der Waals surface area contributed by atoms with E-state index >= 15 is 0 Å². The topological polar surface area (TPSA) is 49.4 Å². The van der Waals surface area contributed by atoms with E-state index in [2.05, 4.69) is 5.32 Å². The number of nitrogens with zero attached hydrogens (tertiary/aromatic N) is 1. The molecule has 1 N–H and O–H groups in total. The van der Waals surface area contributed by atoms with Gasteiger partial charge in [-0.25, -0.2) is 12.7 Å². The number of hydrogen-bond acceptors (Lipinski definition) is 3. The fraction of sp³-hybridized carbons (Fsp3) is 1.00. The molecule has 15 heavy (non-hydrogen) atoms. The summed E-state index contributed by atoms with van der Waals surface area (Å²) in [5.74, 6) is 0.284. The molecule has 0 saturated carbocycles. The zero-order valence-corrected chi connectivity index (χ0v) is 10.5. The van der Waals surface area contributed by atoms with Gasteiger partial charge in [-0.2, -0.15) is 0 Å². The van der Waals surface area contributed by atoms with Crippen molar-refractivity contribution in [2.45, 2.75) is 39.2 Å². The molecule has 1 heterocycles. The third kappa shape index (κ3) is 3.74. The van der Waals surface area contributed by atoms with Gasteiger partial charge in [0.05, 0.1) is 5.75 Å². The van der Waals surface area contributed by atoms with Gasteiger partial charge in [0, 0.05) is 19.1 Å². The highest BCUT2D eigenvalue weighted by Gasteiger charge is 2.22. The molecule has 1 unspecified atom stereocenters. The van der Waals surface area contributed by atoms with Crippen molar-refractivity contribution < 1.29 is 8.42 Å². The molecule has 1 fully saturated rings. The van der Waals surface area contributed by atoms with Crippen LogP contribution in [0.5, 0.6) is 0 Å². The van der Waals surface area contributed by atoms with Gasteiger partial charge in [-0.15, -0.1) is 0 Å². The summed E-state index contributed by atoms with van der Waals surface area (Å²) in [4.78, 5) is 0. The summed E-state index contributed by atoms with van der Waals surface area (Å²) in [5.41, 5.74) is 0. The van der Waals surface area contributed by atoms with E-state index < -0.39 is 10.0 Å². The Hall–Kier alpha value is -0.130. The highest BCUT2D eigenvalue weighted by molar-refractivity contribution is 7.89. The number of rotatable bonds is 6. The Morgan fingerprint density at radius 3 is 2.47 bits per heavy atom. The van der Waals surface area contributed by atoms with Gasteiger partial charge in [-0.05, 0) is 25.8 Å². The molecule has 0 radical (unpaired) electrons. The average Bonchev–Trinajstić information content (AvgIpc) is 2.69. The summed E-state index contributed by atoms with van der Waals surface area (Å²) < 4.78 is 25.2. The van der Waals surface area contributed by atoms with Crippen molar-refractivity contribution in [3.63, 3.8) is 0 Å². The molecule has 90 valence electrons. The van der Waals surface area contributed by atoms with Crippen LogP contribution in [0.3, 0.4) is 0 Å². The fourth-order valence-electron chi connectivity index (χ4n) is 2.04. The average molecular weight is 234 g/mol. The third-order valence-electron chi connectivity index (χ3n) is 2.99. The van der Waals surface area contributed by atoms with Crippen LogP contribution in [0.1, 0.15) is 33.1 Å². The molecule has 0 aromatic carbocycles. The van der Waals surface area contributed by atoms with E-state index in [1.165, 1.54) is 6.42 Å². The summed E-state index contributed by atoms with van der Waals surface area (Å²) >= 11 is 0. The second-order valence-electron chi connectivity index (χ2n) is 3.98. The predicted octanol–water partition coefficient (Wildman–Crippen LogP) is 0.800. The smallest absolute Gasteiger partial charge is 0.214 e. The maximum absolute atomic E-state index is 11.8. The molecule has 0 aromatic heterocycles. The SMILES string of the molecule is CCN(CC)S(=O)(=O)CCC1CCCN1. The van der Waals surface area contributed by atoms with Gasteiger partial charge in [0.25, 0.3) is 0 Å². The quantitative estimate of drug-likeness (QED) is 0.739. The first-order valence-electron chi connectivity index (χ1n) is 5.81. The lowest BCUT2D eigenvalue weighted by molar-refractivity contribution is 0.440. The van der Waals surface area contributed by atoms with Crippen LogP contribution in [0.15, 0.2) is 0 Å². The van der Waals surface area contributed by atoms with Crippen molar-refractivity contribution in [2.75, 3.05) is 25.4 Å². The van der Waals surface area contributed by atoms with Crippen LogP contribution >= 0.6 is 0 Å². The first-order valence-corrected chi connectivity index (χ1v) is 7.42. The van der Waals surface area contributed by atoms with Crippen LogP contribution in [0, 0.1) is 0 Å². The Morgan fingerprint density at radius 1 is 1.33 bits per heavy atom. The second-order valence-corrected chi connectivity index (χ2v) is 6.07. The van der Waals surface area contributed by atoms with Crippen LogP contribution < -0.4 is 5.32 Å². The Kier molecular flexibility index (Phi) is 5.02. The third-order valence-corrected chi connectivity index (χ3v) is 5.04. The maximum atomic E-state index is 11.8. The van der Waals surface area contributed by atoms with Crippen LogP contribution in [0.25, 0.3) is 0 Å². The highest BCUT2D eigenvalue weighted by Crippen LogP contribution is 2.11. The second kappa shape index (κ2) is 5.82. The fourth-order valence-corrected chi connectivity index (χ4v) is 3.67. The molecule has 0 aromatic rings. The van der Waals surface area contributed by atoms with Gasteiger partial charge < -0.3 is 5.32 Å². The maximum Gasteiger partial charge on any atom is 0.214 e. The van der Waals surface area contributed by atoms with E-state index in [4.69, 9.17) is 0 Å². The zero-order valence-electron chi connectivity index (χ0n) is 9.70. The molecular weight excluding hydrogens is 212 g/mol. The Bertz CT molecular complexity index is 267. The van der Waals surface area contributed by atoms with Crippen molar-refractivity contribution in [3.8, 4) is 0 Å². The minimum Gasteiger partial charge on any atom is -0.314 e. The molecule has 4 nitrogen and oxygen atoms in total. The molecule has 0 bridgehead atoms. The molecule has 5 heteroatoms. The summed E-state index contributed by atoms with van der Waals surface area (Å²) in [6.07, 6.45) is 3.04. The standard InChI is InChI=1S/C10H22N2O2S/c1-3-12(4-2)15(13,14)9-7-10-6-5-8-11-10/h10-11H,3-9H2,1-2H3. The molecule has 1 rings (SSSR count). The van der Waals surface area contributed by atoms with Gasteiger partial charge in [-0.3, -0.25) is 0 Å². The number of sulfonamides is 1. The van der Waals surface area contributed by atoms with Crippen LogP contribution in [-0.4, -0.2) is 44.2 Å². The van der Waals surface area contributed by atoms with Gasteiger partial charge >= 0.3 is 0 Å². The van der Waals surface area contributed by atoms with Gasteiger partial charge in [-0.1, -0.05) is 13.8 Å². The summed E-state index contributed by atoms with van der Waals surface area (Å²) in [7, 11) is -3.02. The monoisotopic (exact) mass is 234 g/mol. The van der Waals surface area contributed by atoms with E-state index in [0.717, 1.165) is 19.4 Å². The molecular formula is C10H22N2O2S. The van der Waals surface area contributed by atoms with E-state index in [0.29, 0.717) is 19.1 Å². The van der Waals surface area contributed by atoms with Crippen LogP contribution in [-0.2, 0) is 10.0 Å². The molecule has 1 atom stereocenters. The van der Waals surface area contributed by atoms with Crippen LogP contribution in [0.4, 0.5) is 0 Å². The normalized spacial score (nSPS) is 22.5. The number of nitrogens with one attached hydrogen (secondary N) is 1. The summed E-state index contributed by atoms with van der Waals surface area (Å²) in [5, 5.41) is 3.32. The van der Waals surface area contributed by atoms with Crippen molar-refractivity contribution in [1.82, 2.24) is 9.62 Å². The number of hydrogen-bond donors (Lipinski definition) is 1. The van der Waals surface area contributed by atoms with Gasteiger partial charge in [0.1, 0.15) is 0 Å². The zero-order chi connectivity index (χ0) is 11.3. The van der Waals surface area contributed by atoms with Gasteiger partial charge in [0.2, 0.25) is 10.0 Å². The van der Waals surface area contributed by atoms with E-state index in [1.54, 1.807) is 4.31 Å². The summed E-state index contributed by atoms with van der Waals surface area (Å²) in [6.45, 7) is 5.97. The van der Waals surface area contributed by atoms with E-state index in [9.17, 15) is 8.42 Å². The lowest BCUT2D eigenvalue weighted by Crippen LogP contribution is -2.35. The van der Waals surface area contributed by atoms with Crippen molar-refractivity contribution >= 4 is 10.0 Å². The minimum atomic E-state index is -3.02. The predicted molar refractivity (Wildman–Crippen MR) is 62.3 cm³/mol. The first kappa shape index (κ1) is 12.9. The largest absolute Gasteiger partial charge is 0.314 e. The van der Waals surface area contributed by atoms with Crippen molar-refractivity contribution in [2.24, 2.45) is 0 Å². The molecule has 0 spiro atoms. The Morgan fingerprint density at radius 2 is 2.00 bits per heavy atom. The van der Waals surface area contributed by atoms with Crippen LogP contribution in [0.2, 0.25) is 0 Å². The van der Waals surface area contributed by atoms with E-state index in [1.807, 2.05) is 13.8 Å².